The van der Waals surface area contributed by atoms with Crippen LogP contribution in [0.15, 0.2) is 21.6 Å². The molecular formula is C12H14N2OS2. The van der Waals surface area contributed by atoms with Gasteiger partial charge in [-0.05, 0) is 48.7 Å². The molecule has 0 bridgehead atoms. The molecule has 90 valence electrons. The summed E-state index contributed by atoms with van der Waals surface area (Å²) < 4.78 is 2.89. The van der Waals surface area contributed by atoms with E-state index in [1.807, 2.05) is 0 Å². The van der Waals surface area contributed by atoms with Crippen molar-refractivity contribution in [1.29, 1.82) is 0 Å². The van der Waals surface area contributed by atoms with Gasteiger partial charge in [0.05, 0.1) is 4.88 Å². The van der Waals surface area contributed by atoms with E-state index in [0.717, 1.165) is 36.4 Å². The van der Waals surface area contributed by atoms with Crippen LogP contribution in [-0.2, 0) is 0 Å². The zero-order chi connectivity index (χ0) is 11.7. The molecule has 5 heteroatoms. The Balaban J connectivity index is 2.03. The van der Waals surface area contributed by atoms with Crippen LogP contribution >= 0.6 is 22.9 Å². The molecule has 0 aliphatic carbocycles. The molecule has 0 radical (unpaired) electrons. The maximum atomic E-state index is 12.0. The lowest BCUT2D eigenvalue weighted by atomic mass is 9.90. The molecule has 3 heterocycles. The van der Waals surface area contributed by atoms with Crippen molar-refractivity contribution in [2.24, 2.45) is 0 Å². The van der Waals surface area contributed by atoms with Crippen LogP contribution in [0.1, 0.15) is 24.3 Å². The van der Waals surface area contributed by atoms with E-state index in [0.29, 0.717) is 5.92 Å². The Hall–Kier alpha value is -0.910. The Labute approximate surface area is 108 Å². The van der Waals surface area contributed by atoms with Crippen LogP contribution in [0.5, 0.6) is 0 Å². The summed E-state index contributed by atoms with van der Waals surface area (Å²) in [7, 11) is 0. The quantitative estimate of drug-likeness (QED) is 0.877. The summed E-state index contributed by atoms with van der Waals surface area (Å²) >= 11 is 3.15. The van der Waals surface area contributed by atoms with Gasteiger partial charge >= 0.3 is 0 Å². The number of hydrogen-bond acceptors (Lipinski definition) is 4. The van der Waals surface area contributed by atoms with Gasteiger partial charge in [-0.3, -0.25) is 9.17 Å². The van der Waals surface area contributed by atoms with E-state index >= 15 is 0 Å². The lowest BCUT2D eigenvalue weighted by Crippen LogP contribution is -2.28. The fraction of sp³-hybridized carbons (Fsp3) is 0.417. The molecule has 2 aromatic heterocycles. The normalized spacial score (nSPS) is 17.4. The summed E-state index contributed by atoms with van der Waals surface area (Å²) in [5.41, 5.74) is 2.31. The molecule has 17 heavy (non-hydrogen) atoms. The van der Waals surface area contributed by atoms with Crippen molar-refractivity contribution in [3.63, 3.8) is 0 Å². The van der Waals surface area contributed by atoms with Crippen LogP contribution in [0.4, 0.5) is 0 Å². The van der Waals surface area contributed by atoms with Gasteiger partial charge in [0.25, 0.3) is 5.56 Å². The number of nitrogens with one attached hydrogen (secondary N) is 2. The number of aromatic nitrogens is 1. The van der Waals surface area contributed by atoms with Crippen molar-refractivity contribution in [1.82, 2.24) is 9.69 Å². The number of thiophene rings is 1. The third kappa shape index (κ3) is 2.10. The zero-order valence-electron chi connectivity index (χ0n) is 9.36. The van der Waals surface area contributed by atoms with Gasteiger partial charge in [-0.25, -0.2) is 0 Å². The van der Waals surface area contributed by atoms with Crippen LogP contribution < -0.4 is 10.9 Å². The number of H-pyrrole nitrogens is 1. The summed E-state index contributed by atoms with van der Waals surface area (Å²) in [6, 6.07) is 2.09. The molecule has 1 fully saturated rings. The highest BCUT2D eigenvalue weighted by Gasteiger charge is 2.23. The second-order valence-corrected chi connectivity index (χ2v) is 5.91. The number of rotatable bonds is 2. The lowest BCUT2D eigenvalue weighted by molar-refractivity contribution is 0.459. The monoisotopic (exact) mass is 266 g/mol. The molecule has 2 N–H and O–H groups in total. The summed E-state index contributed by atoms with van der Waals surface area (Å²) in [5, 5.41) is 7.52. The Morgan fingerprint density at radius 1 is 1.29 bits per heavy atom. The molecule has 2 aromatic rings. The Kier molecular flexibility index (Phi) is 3.13. The molecule has 0 spiro atoms. The Bertz CT molecular complexity index is 535. The number of aromatic amines is 1. The van der Waals surface area contributed by atoms with Crippen molar-refractivity contribution >= 4 is 22.9 Å². The summed E-state index contributed by atoms with van der Waals surface area (Å²) in [5.74, 6) is 0.418. The highest BCUT2D eigenvalue weighted by molar-refractivity contribution is 7.11. The summed E-state index contributed by atoms with van der Waals surface area (Å²) in [6.07, 6.45) is 2.13. The standard InChI is InChI=1S/C12H14N2OS2/c15-12-10(8-1-4-13-5-2-8)11(17-14-12)9-3-6-16-7-9/h3,6-8,13H,1-2,4-5H2,(H,14,15). The highest BCUT2D eigenvalue weighted by atomic mass is 32.1. The average molecular weight is 266 g/mol. The van der Waals surface area contributed by atoms with E-state index in [1.54, 1.807) is 11.3 Å². The molecule has 1 aliphatic heterocycles. The molecule has 0 amide bonds. The van der Waals surface area contributed by atoms with Crippen molar-refractivity contribution in [2.75, 3.05) is 13.1 Å². The fourth-order valence-electron chi connectivity index (χ4n) is 2.40. The Morgan fingerprint density at radius 2 is 2.12 bits per heavy atom. The van der Waals surface area contributed by atoms with Crippen molar-refractivity contribution in [3.8, 4) is 10.4 Å². The molecule has 0 saturated carbocycles. The minimum absolute atomic E-state index is 0.114. The van der Waals surface area contributed by atoms with Crippen LogP contribution in [-0.4, -0.2) is 17.5 Å². The van der Waals surface area contributed by atoms with Crippen LogP contribution in [0.25, 0.3) is 10.4 Å². The maximum absolute atomic E-state index is 12.0. The third-order valence-electron chi connectivity index (χ3n) is 3.27. The van der Waals surface area contributed by atoms with Gasteiger partial charge in [0.15, 0.2) is 0 Å². The molecule has 3 rings (SSSR count). The van der Waals surface area contributed by atoms with Crippen molar-refractivity contribution in [2.45, 2.75) is 18.8 Å². The lowest BCUT2D eigenvalue weighted by Gasteiger charge is -2.21. The van der Waals surface area contributed by atoms with Gasteiger partial charge in [-0.2, -0.15) is 11.3 Å². The minimum atomic E-state index is 0.114. The molecular weight excluding hydrogens is 252 g/mol. The van der Waals surface area contributed by atoms with Crippen molar-refractivity contribution in [3.05, 3.63) is 32.7 Å². The average Bonchev–Trinajstić information content (AvgIpc) is 2.98. The maximum Gasteiger partial charge on any atom is 0.262 e. The summed E-state index contributed by atoms with van der Waals surface area (Å²) in [6.45, 7) is 2.03. The SMILES string of the molecule is O=c1[nH]sc(-c2ccsc2)c1C1CCNCC1. The predicted octanol–water partition coefficient (Wildman–Crippen LogP) is 2.63. The van der Waals surface area contributed by atoms with Gasteiger partial charge in [-0.1, -0.05) is 11.5 Å². The molecule has 0 aromatic carbocycles. The first-order chi connectivity index (χ1) is 8.36. The van der Waals surface area contributed by atoms with Crippen LogP contribution in [0, 0.1) is 0 Å². The predicted molar refractivity (Wildman–Crippen MR) is 73.1 cm³/mol. The highest BCUT2D eigenvalue weighted by Crippen LogP contribution is 2.34. The molecule has 1 aliphatic rings. The van der Waals surface area contributed by atoms with Crippen molar-refractivity contribution < 1.29 is 0 Å². The van der Waals surface area contributed by atoms with Gasteiger partial charge in [0.2, 0.25) is 0 Å². The van der Waals surface area contributed by atoms with E-state index in [-0.39, 0.29) is 5.56 Å². The molecule has 0 atom stereocenters. The topological polar surface area (TPSA) is 44.9 Å². The molecule has 3 nitrogen and oxygen atoms in total. The van der Waals surface area contributed by atoms with E-state index < -0.39 is 0 Å². The van der Waals surface area contributed by atoms with Gasteiger partial charge < -0.3 is 5.32 Å². The van der Waals surface area contributed by atoms with Crippen LogP contribution in [0.3, 0.4) is 0 Å². The molecule has 1 saturated heterocycles. The van der Waals surface area contributed by atoms with E-state index in [1.165, 1.54) is 17.1 Å². The van der Waals surface area contributed by atoms with Gasteiger partial charge in [0, 0.05) is 11.1 Å². The third-order valence-corrected chi connectivity index (χ3v) is 4.90. The summed E-state index contributed by atoms with van der Waals surface area (Å²) in [4.78, 5) is 13.1. The van der Waals surface area contributed by atoms with Gasteiger partial charge in [-0.15, -0.1) is 0 Å². The second-order valence-electron chi connectivity index (χ2n) is 4.31. The Morgan fingerprint density at radius 3 is 2.82 bits per heavy atom. The van der Waals surface area contributed by atoms with E-state index in [2.05, 4.69) is 26.5 Å². The fourth-order valence-corrected chi connectivity index (χ4v) is 4.04. The first kappa shape index (κ1) is 11.2. The minimum Gasteiger partial charge on any atom is -0.317 e. The number of hydrogen-bond donors (Lipinski definition) is 2. The molecule has 0 unspecified atom stereocenters. The van der Waals surface area contributed by atoms with E-state index in [9.17, 15) is 4.79 Å². The van der Waals surface area contributed by atoms with E-state index in [4.69, 9.17) is 0 Å². The first-order valence-corrected chi connectivity index (χ1v) is 7.57. The zero-order valence-corrected chi connectivity index (χ0v) is 11.0. The largest absolute Gasteiger partial charge is 0.317 e. The number of piperidine rings is 1. The van der Waals surface area contributed by atoms with Gasteiger partial charge in [0.1, 0.15) is 0 Å². The van der Waals surface area contributed by atoms with Crippen LogP contribution in [0.2, 0.25) is 0 Å². The second kappa shape index (κ2) is 4.76. The first-order valence-electron chi connectivity index (χ1n) is 5.81. The smallest absolute Gasteiger partial charge is 0.262 e.